The van der Waals surface area contributed by atoms with Crippen LogP contribution in [0.5, 0.6) is 11.5 Å². The van der Waals surface area contributed by atoms with Gasteiger partial charge in [-0.3, -0.25) is 4.90 Å². The molecule has 0 bridgehead atoms. The monoisotopic (exact) mass is 609 g/mol. The van der Waals surface area contributed by atoms with E-state index in [0.29, 0.717) is 30.3 Å². The van der Waals surface area contributed by atoms with Crippen molar-refractivity contribution in [3.05, 3.63) is 120 Å². The maximum atomic E-state index is 12.9. The molecule has 0 radical (unpaired) electrons. The van der Waals surface area contributed by atoms with E-state index in [1.807, 2.05) is 91.0 Å². The normalized spacial score (nSPS) is 22.0. The lowest BCUT2D eigenvalue weighted by Gasteiger charge is -2.43. The van der Waals surface area contributed by atoms with Crippen LogP contribution in [0, 0.1) is 5.92 Å². The van der Waals surface area contributed by atoms with Crippen molar-refractivity contribution >= 4 is 17.4 Å². The van der Waals surface area contributed by atoms with Crippen LogP contribution in [0.15, 0.2) is 103 Å². The number of para-hydroxylation sites is 1. The molecule has 6 rings (SSSR count). The van der Waals surface area contributed by atoms with Crippen molar-refractivity contribution in [3.8, 4) is 11.5 Å². The van der Waals surface area contributed by atoms with Crippen molar-refractivity contribution in [1.82, 2.24) is 4.90 Å². The number of hydrogen-bond acceptors (Lipinski definition) is 7. The first kappa shape index (κ1) is 30.8. The Labute approximate surface area is 263 Å². The minimum Gasteiger partial charge on any atom is -0.457 e. The number of carbonyl (C=O) groups is 1. The maximum absolute atomic E-state index is 12.9. The second-order valence-electron chi connectivity index (χ2n) is 11.4. The third-order valence-corrected chi connectivity index (χ3v) is 8.17. The number of nitrogens with one attached hydrogen (secondary N) is 2. The number of anilines is 2. The van der Waals surface area contributed by atoms with Gasteiger partial charge in [0.2, 0.25) is 0 Å². The minimum absolute atomic E-state index is 0.00585. The average Bonchev–Trinajstić information content (AvgIpc) is 3.08. The molecule has 2 aliphatic rings. The van der Waals surface area contributed by atoms with Crippen LogP contribution in [0.4, 0.5) is 16.2 Å². The van der Waals surface area contributed by atoms with Crippen molar-refractivity contribution in [2.75, 3.05) is 43.5 Å². The molecule has 0 unspecified atom stereocenters. The van der Waals surface area contributed by atoms with Crippen molar-refractivity contribution in [1.29, 1.82) is 0 Å². The largest absolute Gasteiger partial charge is 0.457 e. The highest BCUT2D eigenvalue weighted by atomic mass is 16.7. The van der Waals surface area contributed by atoms with Gasteiger partial charge in [0, 0.05) is 42.5 Å². The molecule has 0 aromatic heterocycles. The van der Waals surface area contributed by atoms with Crippen LogP contribution in [0.2, 0.25) is 0 Å². The number of rotatable bonds is 9. The third kappa shape index (κ3) is 8.08. The number of nitrogens with zero attached hydrogens (tertiary/aromatic N) is 1. The number of urea groups is 1. The number of aliphatic hydroxyl groups excluding tert-OH is 1. The first-order valence-corrected chi connectivity index (χ1v) is 15.4. The maximum Gasteiger partial charge on any atom is 0.323 e. The van der Waals surface area contributed by atoms with Gasteiger partial charge < -0.3 is 34.7 Å². The van der Waals surface area contributed by atoms with Crippen LogP contribution < -0.4 is 15.4 Å². The zero-order chi connectivity index (χ0) is 31.0. The second kappa shape index (κ2) is 14.7. The summed E-state index contributed by atoms with van der Waals surface area (Å²) in [6.45, 7) is 6.09. The first-order chi connectivity index (χ1) is 22.0. The molecule has 2 aliphatic heterocycles. The molecular weight excluding hydrogens is 570 g/mol. The Hall–Kier alpha value is -4.25. The highest BCUT2D eigenvalue weighted by Gasteiger charge is 2.39. The summed E-state index contributed by atoms with van der Waals surface area (Å²) in [6.07, 6.45) is -0.925. The minimum atomic E-state index is -0.628. The molecule has 2 saturated heterocycles. The number of morpholine rings is 1. The predicted octanol–water partition coefficient (Wildman–Crippen LogP) is 6.74. The first-order valence-electron chi connectivity index (χ1n) is 15.4. The summed E-state index contributed by atoms with van der Waals surface area (Å²) in [5.41, 5.74) is 3.96. The van der Waals surface area contributed by atoms with Crippen LogP contribution >= 0.6 is 0 Å². The van der Waals surface area contributed by atoms with Crippen LogP contribution in [0.3, 0.4) is 0 Å². The van der Waals surface area contributed by atoms with Gasteiger partial charge in [0.05, 0.1) is 32.0 Å². The molecule has 0 aliphatic carbocycles. The van der Waals surface area contributed by atoms with E-state index in [9.17, 15) is 9.90 Å². The standard InChI is InChI=1S/C36H39N3O6/c1-25-33(23-39-18-20-42-21-19-39)44-35(45-34(25)27-12-10-26(24-40)11-13-27)28-6-5-7-30(22-28)38-36(41)37-29-14-16-32(17-15-29)43-31-8-3-2-4-9-31/h2-17,22,25,33-35,40H,18-21,23-24H2,1H3,(H2,37,38,41)/t25-,33+,34+,35+/m0/s1. The lowest BCUT2D eigenvalue weighted by molar-refractivity contribution is -0.277. The van der Waals surface area contributed by atoms with E-state index in [0.717, 1.165) is 42.1 Å². The summed E-state index contributed by atoms with van der Waals surface area (Å²) < 4.78 is 24.6. The van der Waals surface area contributed by atoms with E-state index in [-0.39, 0.29) is 30.8 Å². The van der Waals surface area contributed by atoms with Gasteiger partial charge in [-0.05, 0) is 59.7 Å². The summed E-state index contributed by atoms with van der Waals surface area (Å²) in [7, 11) is 0. The van der Waals surface area contributed by atoms with E-state index >= 15 is 0 Å². The van der Waals surface area contributed by atoms with E-state index in [1.54, 1.807) is 12.1 Å². The van der Waals surface area contributed by atoms with Crippen LogP contribution in [0.1, 0.15) is 36.0 Å². The fraction of sp³-hybridized carbons (Fsp3) is 0.306. The number of ether oxygens (including phenoxy) is 4. The molecule has 45 heavy (non-hydrogen) atoms. The molecule has 0 saturated carbocycles. The van der Waals surface area contributed by atoms with Crippen molar-refractivity contribution < 1.29 is 28.8 Å². The topological polar surface area (TPSA) is 102 Å². The molecule has 2 heterocycles. The number of hydrogen-bond donors (Lipinski definition) is 3. The number of aliphatic hydroxyl groups is 1. The molecule has 9 heteroatoms. The number of amides is 2. The predicted molar refractivity (Wildman–Crippen MR) is 172 cm³/mol. The lowest BCUT2D eigenvalue weighted by Crippen LogP contribution is -2.47. The second-order valence-corrected chi connectivity index (χ2v) is 11.4. The quantitative estimate of drug-likeness (QED) is 0.193. The smallest absolute Gasteiger partial charge is 0.323 e. The molecule has 4 aromatic rings. The molecule has 0 spiro atoms. The fourth-order valence-electron chi connectivity index (χ4n) is 5.65. The van der Waals surface area contributed by atoms with Crippen LogP contribution in [-0.4, -0.2) is 55.0 Å². The van der Waals surface area contributed by atoms with Gasteiger partial charge in [0.1, 0.15) is 11.5 Å². The molecule has 9 nitrogen and oxygen atoms in total. The third-order valence-electron chi connectivity index (χ3n) is 8.17. The molecule has 2 amide bonds. The summed E-state index contributed by atoms with van der Waals surface area (Å²) in [6, 6.07) is 31.8. The van der Waals surface area contributed by atoms with Crippen molar-refractivity contribution in [2.45, 2.75) is 32.0 Å². The van der Waals surface area contributed by atoms with Crippen LogP contribution in [0.25, 0.3) is 0 Å². The van der Waals surface area contributed by atoms with E-state index in [2.05, 4.69) is 22.5 Å². The summed E-state index contributed by atoms with van der Waals surface area (Å²) in [5, 5.41) is 15.3. The zero-order valence-corrected chi connectivity index (χ0v) is 25.3. The average molecular weight is 610 g/mol. The molecule has 234 valence electrons. The van der Waals surface area contributed by atoms with Gasteiger partial charge >= 0.3 is 6.03 Å². The van der Waals surface area contributed by atoms with Crippen molar-refractivity contribution in [3.63, 3.8) is 0 Å². The Morgan fingerprint density at radius 2 is 1.53 bits per heavy atom. The number of carbonyl (C=O) groups excluding carboxylic acids is 1. The SMILES string of the molecule is C[C@H]1[C@@H](CN2CCOCC2)O[C@@H](c2cccc(NC(=O)Nc3ccc(Oc4ccccc4)cc3)c2)O[C@H]1c1ccc(CO)cc1. The van der Waals surface area contributed by atoms with Crippen molar-refractivity contribution in [2.24, 2.45) is 5.92 Å². The molecule has 2 fully saturated rings. The summed E-state index contributed by atoms with van der Waals surface area (Å²) in [5.74, 6) is 1.51. The van der Waals surface area contributed by atoms with Gasteiger partial charge in [-0.2, -0.15) is 0 Å². The Kier molecular flexibility index (Phi) is 10.0. The van der Waals surface area contributed by atoms with Gasteiger partial charge in [0.25, 0.3) is 0 Å². The molecular formula is C36H39N3O6. The summed E-state index contributed by atoms with van der Waals surface area (Å²) in [4.78, 5) is 15.3. The zero-order valence-electron chi connectivity index (χ0n) is 25.3. The van der Waals surface area contributed by atoms with Gasteiger partial charge in [-0.1, -0.05) is 61.5 Å². The van der Waals surface area contributed by atoms with Gasteiger partial charge in [0.15, 0.2) is 6.29 Å². The van der Waals surface area contributed by atoms with Gasteiger partial charge in [-0.15, -0.1) is 0 Å². The lowest BCUT2D eigenvalue weighted by atomic mass is 9.90. The summed E-state index contributed by atoms with van der Waals surface area (Å²) >= 11 is 0. The Morgan fingerprint density at radius 1 is 0.822 bits per heavy atom. The Balaban J connectivity index is 1.13. The van der Waals surface area contributed by atoms with Gasteiger partial charge in [-0.25, -0.2) is 4.79 Å². The Bertz CT molecular complexity index is 1530. The van der Waals surface area contributed by atoms with E-state index in [1.165, 1.54) is 0 Å². The van der Waals surface area contributed by atoms with Crippen LogP contribution in [-0.2, 0) is 20.8 Å². The Morgan fingerprint density at radius 3 is 2.27 bits per heavy atom. The van der Waals surface area contributed by atoms with E-state index in [4.69, 9.17) is 18.9 Å². The molecule has 4 aromatic carbocycles. The molecule has 3 N–H and O–H groups in total. The highest BCUT2D eigenvalue weighted by Crippen LogP contribution is 2.42. The molecule has 4 atom stereocenters. The van der Waals surface area contributed by atoms with E-state index < -0.39 is 6.29 Å². The fourth-order valence-corrected chi connectivity index (χ4v) is 5.65. The highest BCUT2D eigenvalue weighted by molar-refractivity contribution is 5.99. The number of benzene rings is 4.